The minimum absolute atomic E-state index is 0.103. The summed E-state index contributed by atoms with van der Waals surface area (Å²) in [5.41, 5.74) is 3.39. The molecule has 1 aliphatic rings. The fourth-order valence-corrected chi connectivity index (χ4v) is 3.33. The van der Waals surface area contributed by atoms with E-state index in [4.69, 9.17) is 4.74 Å². The van der Waals surface area contributed by atoms with E-state index in [0.29, 0.717) is 13.0 Å². The zero-order chi connectivity index (χ0) is 16.9. The van der Waals surface area contributed by atoms with Gasteiger partial charge in [0.25, 0.3) is 0 Å². The molecule has 0 saturated heterocycles. The van der Waals surface area contributed by atoms with Crippen LogP contribution in [0, 0.1) is 0 Å². The Balaban J connectivity index is 2.03. The molecule has 1 aliphatic heterocycles. The van der Waals surface area contributed by atoms with Crippen LogP contribution < -0.4 is 4.74 Å². The number of hydrogen-bond acceptors (Lipinski definition) is 3. The van der Waals surface area contributed by atoms with E-state index in [2.05, 4.69) is 17.1 Å². The highest BCUT2D eigenvalue weighted by Gasteiger charge is 2.26. The van der Waals surface area contributed by atoms with Gasteiger partial charge in [0.1, 0.15) is 5.75 Å². The Kier molecular flexibility index (Phi) is 5.14. The van der Waals surface area contributed by atoms with Crippen molar-refractivity contribution in [1.82, 2.24) is 9.88 Å². The maximum absolute atomic E-state index is 12.7. The number of nitrogens with zero attached hydrogens (tertiary/aromatic N) is 2. The molecule has 4 heteroatoms. The Labute approximate surface area is 143 Å². The number of aromatic nitrogens is 1. The average molecular weight is 324 g/mol. The zero-order valence-electron chi connectivity index (χ0n) is 14.4. The quantitative estimate of drug-likeness (QED) is 0.812. The van der Waals surface area contributed by atoms with Crippen molar-refractivity contribution in [3.05, 3.63) is 59.4 Å². The van der Waals surface area contributed by atoms with Crippen LogP contribution in [0.2, 0.25) is 0 Å². The lowest BCUT2D eigenvalue weighted by atomic mass is 9.95. The molecule has 0 aliphatic carbocycles. The van der Waals surface area contributed by atoms with Gasteiger partial charge in [-0.3, -0.25) is 9.78 Å². The third kappa shape index (κ3) is 3.28. The van der Waals surface area contributed by atoms with E-state index in [9.17, 15) is 4.79 Å². The minimum Gasteiger partial charge on any atom is -0.493 e. The van der Waals surface area contributed by atoms with Gasteiger partial charge in [-0.15, -0.1) is 0 Å². The molecule has 0 unspecified atom stereocenters. The molecule has 0 radical (unpaired) electrons. The number of rotatable bonds is 6. The zero-order valence-corrected chi connectivity index (χ0v) is 14.4. The van der Waals surface area contributed by atoms with E-state index >= 15 is 0 Å². The summed E-state index contributed by atoms with van der Waals surface area (Å²) in [4.78, 5) is 18.9. The van der Waals surface area contributed by atoms with Crippen LogP contribution >= 0.6 is 0 Å². The smallest absolute Gasteiger partial charge is 0.223 e. The molecule has 0 spiro atoms. The van der Waals surface area contributed by atoms with Crippen LogP contribution in [0.4, 0.5) is 0 Å². The first-order valence-corrected chi connectivity index (χ1v) is 8.69. The van der Waals surface area contributed by atoms with Crippen LogP contribution in [-0.2, 0) is 11.2 Å². The van der Waals surface area contributed by atoms with Crippen molar-refractivity contribution in [2.75, 3.05) is 13.2 Å². The van der Waals surface area contributed by atoms with Crippen LogP contribution in [0.25, 0.3) is 0 Å². The third-order valence-corrected chi connectivity index (χ3v) is 4.47. The van der Waals surface area contributed by atoms with Crippen molar-refractivity contribution in [3.63, 3.8) is 0 Å². The predicted octanol–water partition coefficient (Wildman–Crippen LogP) is 3.75. The molecule has 1 aromatic carbocycles. The molecule has 0 saturated carbocycles. The molecule has 0 N–H and O–H groups in total. The Hall–Kier alpha value is -2.36. The number of carbonyl (C=O) groups excluding carboxylic acids is 1. The Morgan fingerprint density at radius 1 is 1.29 bits per heavy atom. The summed E-state index contributed by atoms with van der Waals surface area (Å²) in [6, 6.07) is 10.2. The van der Waals surface area contributed by atoms with Crippen LogP contribution in [-0.4, -0.2) is 28.9 Å². The van der Waals surface area contributed by atoms with Gasteiger partial charge < -0.3 is 9.64 Å². The molecular formula is C20H24N2O2. The first-order valence-electron chi connectivity index (χ1n) is 8.69. The molecule has 2 heterocycles. The number of ether oxygens (including phenoxy) is 1. The molecule has 126 valence electrons. The molecule has 1 aromatic heterocycles. The average Bonchev–Trinajstić information content (AvgIpc) is 3.08. The number of benzene rings is 1. The van der Waals surface area contributed by atoms with Crippen LogP contribution in [0.5, 0.6) is 5.75 Å². The predicted molar refractivity (Wildman–Crippen MR) is 94.0 cm³/mol. The number of amides is 1. The Morgan fingerprint density at radius 2 is 2.17 bits per heavy atom. The summed E-state index contributed by atoms with van der Waals surface area (Å²) in [5, 5.41) is 0. The fraction of sp³-hybridized carbons (Fsp3) is 0.400. The van der Waals surface area contributed by atoms with Crippen LogP contribution in [0.1, 0.15) is 49.4 Å². The highest BCUT2D eigenvalue weighted by Crippen LogP contribution is 2.34. The lowest BCUT2D eigenvalue weighted by Gasteiger charge is -2.32. The molecule has 1 atom stereocenters. The summed E-state index contributed by atoms with van der Waals surface area (Å²) in [6.45, 7) is 5.49. The molecule has 0 fully saturated rings. The number of hydrogen-bond donors (Lipinski definition) is 0. The van der Waals surface area contributed by atoms with Crippen molar-refractivity contribution < 1.29 is 9.53 Å². The highest BCUT2D eigenvalue weighted by molar-refractivity contribution is 5.77. The lowest BCUT2D eigenvalue weighted by Crippen LogP contribution is -2.35. The molecule has 4 nitrogen and oxygen atoms in total. The van der Waals surface area contributed by atoms with Gasteiger partial charge in [-0.1, -0.05) is 19.1 Å². The van der Waals surface area contributed by atoms with Gasteiger partial charge in [0.05, 0.1) is 12.6 Å². The third-order valence-electron chi connectivity index (χ3n) is 4.47. The van der Waals surface area contributed by atoms with Crippen LogP contribution in [0.15, 0.2) is 42.7 Å². The highest BCUT2D eigenvalue weighted by atomic mass is 16.5. The molecular weight excluding hydrogens is 300 g/mol. The minimum atomic E-state index is -0.103. The van der Waals surface area contributed by atoms with Gasteiger partial charge in [0, 0.05) is 31.8 Å². The van der Waals surface area contributed by atoms with Crippen molar-refractivity contribution in [1.29, 1.82) is 0 Å². The van der Waals surface area contributed by atoms with Gasteiger partial charge in [-0.25, -0.2) is 0 Å². The fourth-order valence-electron chi connectivity index (χ4n) is 3.33. The number of carbonyl (C=O) groups is 1. The van der Waals surface area contributed by atoms with E-state index in [0.717, 1.165) is 36.3 Å². The summed E-state index contributed by atoms with van der Waals surface area (Å²) < 4.78 is 5.62. The molecule has 24 heavy (non-hydrogen) atoms. The maximum Gasteiger partial charge on any atom is 0.223 e. The molecule has 1 amide bonds. The van der Waals surface area contributed by atoms with E-state index in [1.54, 1.807) is 6.20 Å². The largest absolute Gasteiger partial charge is 0.493 e. The summed E-state index contributed by atoms with van der Waals surface area (Å²) in [7, 11) is 0. The second kappa shape index (κ2) is 7.47. The standard InChI is InChI=1S/C20H24N2O2/c1-3-6-19(23)22(4-2)20(17-7-5-11-21-14-17)16-8-9-18-15(13-16)10-12-24-18/h5,7-9,11,13-14,20H,3-4,6,10,12H2,1-2H3/t20-/m0/s1. The van der Waals surface area contributed by atoms with E-state index in [1.807, 2.05) is 43.1 Å². The number of fused-ring (bicyclic) bond motifs is 1. The first-order chi connectivity index (χ1) is 11.7. The normalized spacial score (nSPS) is 13.9. The monoisotopic (exact) mass is 324 g/mol. The topological polar surface area (TPSA) is 42.4 Å². The van der Waals surface area contributed by atoms with Gasteiger partial charge in [0.2, 0.25) is 5.91 Å². The molecule has 2 aromatic rings. The van der Waals surface area contributed by atoms with Gasteiger partial charge in [0.15, 0.2) is 0 Å². The summed E-state index contributed by atoms with van der Waals surface area (Å²) >= 11 is 0. The van der Waals surface area contributed by atoms with Crippen LogP contribution in [0.3, 0.4) is 0 Å². The first kappa shape index (κ1) is 16.5. The van der Waals surface area contributed by atoms with Gasteiger partial charge >= 0.3 is 0 Å². The molecule has 0 bridgehead atoms. The van der Waals surface area contributed by atoms with E-state index in [1.165, 1.54) is 5.56 Å². The molecule has 3 rings (SSSR count). The van der Waals surface area contributed by atoms with E-state index < -0.39 is 0 Å². The maximum atomic E-state index is 12.7. The van der Waals surface area contributed by atoms with Gasteiger partial charge in [-0.2, -0.15) is 0 Å². The van der Waals surface area contributed by atoms with Crippen molar-refractivity contribution in [3.8, 4) is 5.75 Å². The van der Waals surface area contributed by atoms with Crippen molar-refractivity contribution in [2.45, 2.75) is 39.2 Å². The van der Waals surface area contributed by atoms with Crippen molar-refractivity contribution in [2.24, 2.45) is 0 Å². The number of pyridine rings is 1. The lowest BCUT2D eigenvalue weighted by molar-refractivity contribution is -0.132. The van der Waals surface area contributed by atoms with Crippen molar-refractivity contribution >= 4 is 5.91 Å². The SMILES string of the molecule is CCCC(=O)N(CC)[C@H](c1cccnc1)c1ccc2c(c1)CCO2. The van der Waals surface area contributed by atoms with E-state index in [-0.39, 0.29) is 11.9 Å². The summed E-state index contributed by atoms with van der Waals surface area (Å²) in [6.07, 6.45) is 5.97. The Bertz CT molecular complexity index is 700. The van der Waals surface area contributed by atoms with Gasteiger partial charge in [-0.05, 0) is 48.2 Å². The summed E-state index contributed by atoms with van der Waals surface area (Å²) in [5.74, 6) is 1.15. The second-order valence-electron chi connectivity index (χ2n) is 6.08. The second-order valence-corrected chi connectivity index (χ2v) is 6.08. The Morgan fingerprint density at radius 3 is 2.88 bits per heavy atom.